The van der Waals surface area contributed by atoms with E-state index in [9.17, 15) is 9.59 Å². The molecule has 1 aromatic carbocycles. The number of aromatic nitrogens is 2. The van der Waals surface area contributed by atoms with Gasteiger partial charge < -0.3 is 9.64 Å². The fourth-order valence-corrected chi connectivity index (χ4v) is 3.28. The molecule has 0 bridgehead atoms. The lowest BCUT2D eigenvalue weighted by Gasteiger charge is -2.23. The lowest BCUT2D eigenvalue weighted by Crippen LogP contribution is -2.36. The summed E-state index contributed by atoms with van der Waals surface area (Å²) in [6.07, 6.45) is 2.26. The van der Waals surface area contributed by atoms with Crippen LogP contribution in [0.25, 0.3) is 0 Å². The van der Waals surface area contributed by atoms with Crippen LogP contribution in [0.15, 0.2) is 30.3 Å². The second-order valence-electron chi connectivity index (χ2n) is 8.48. The van der Waals surface area contributed by atoms with Crippen molar-refractivity contribution in [3.63, 3.8) is 0 Å². The first-order valence-corrected chi connectivity index (χ1v) is 9.71. The fraction of sp³-hybridized carbons (Fsp3) is 0.500. The van der Waals surface area contributed by atoms with E-state index in [1.165, 1.54) is 12.0 Å². The minimum Gasteiger partial charge on any atom is -0.468 e. The average Bonchev–Trinajstić information content (AvgIpc) is 3.39. The van der Waals surface area contributed by atoms with Crippen LogP contribution in [0.3, 0.4) is 0 Å². The summed E-state index contributed by atoms with van der Waals surface area (Å²) in [7, 11) is 1.33. The van der Waals surface area contributed by atoms with E-state index in [0.717, 1.165) is 29.7 Å². The number of esters is 1. The number of amides is 1. The van der Waals surface area contributed by atoms with Crippen molar-refractivity contribution >= 4 is 11.9 Å². The zero-order valence-electron chi connectivity index (χ0n) is 17.4. The summed E-state index contributed by atoms with van der Waals surface area (Å²) in [4.78, 5) is 26.7. The van der Waals surface area contributed by atoms with Crippen LogP contribution in [-0.2, 0) is 21.6 Å². The molecular formula is C22H29N3O3. The van der Waals surface area contributed by atoms with Gasteiger partial charge in [0.15, 0.2) is 5.69 Å². The van der Waals surface area contributed by atoms with Crippen molar-refractivity contribution in [2.75, 3.05) is 13.7 Å². The summed E-state index contributed by atoms with van der Waals surface area (Å²) >= 11 is 0. The Labute approximate surface area is 166 Å². The van der Waals surface area contributed by atoms with Gasteiger partial charge in [-0.1, -0.05) is 24.3 Å². The second-order valence-corrected chi connectivity index (χ2v) is 8.48. The predicted molar refractivity (Wildman–Crippen MR) is 107 cm³/mol. The Bertz CT molecular complexity index is 875. The van der Waals surface area contributed by atoms with Crippen molar-refractivity contribution in [2.24, 2.45) is 0 Å². The fourth-order valence-electron chi connectivity index (χ4n) is 3.28. The largest absolute Gasteiger partial charge is 0.468 e. The Morgan fingerprint density at radius 2 is 1.93 bits per heavy atom. The number of carbonyl (C=O) groups excluding carboxylic acids is 2. The third-order valence-corrected chi connectivity index (χ3v) is 5.04. The third kappa shape index (κ3) is 4.43. The molecule has 0 radical (unpaired) electrons. The maximum Gasteiger partial charge on any atom is 0.325 e. The quantitative estimate of drug-likeness (QED) is 0.715. The first-order chi connectivity index (χ1) is 13.2. The zero-order chi connectivity index (χ0) is 20.5. The molecule has 1 heterocycles. The molecule has 0 saturated heterocycles. The highest BCUT2D eigenvalue weighted by Gasteiger charge is 2.33. The summed E-state index contributed by atoms with van der Waals surface area (Å²) < 4.78 is 6.77. The number of hydrogen-bond donors (Lipinski definition) is 0. The molecule has 0 spiro atoms. The number of ether oxygens (including phenoxy) is 1. The van der Waals surface area contributed by atoms with Crippen molar-refractivity contribution in [1.82, 2.24) is 14.7 Å². The molecule has 0 atom stereocenters. The zero-order valence-corrected chi connectivity index (χ0v) is 17.4. The first-order valence-electron chi connectivity index (χ1n) is 9.71. The van der Waals surface area contributed by atoms with Gasteiger partial charge in [-0.2, -0.15) is 5.10 Å². The standard InChI is InChI=1S/C22H29N3O3/c1-15-8-6-7-9-17(15)13-24(14-20(26)28-5)21(27)18-12-19(16-10-11-16)25(23-18)22(2,3)4/h6-9,12,16H,10-11,13-14H2,1-5H3. The van der Waals surface area contributed by atoms with Gasteiger partial charge in [0.2, 0.25) is 0 Å². The molecule has 1 saturated carbocycles. The average molecular weight is 383 g/mol. The maximum atomic E-state index is 13.3. The number of rotatable bonds is 6. The lowest BCUT2D eigenvalue weighted by molar-refractivity contribution is -0.141. The van der Waals surface area contributed by atoms with Crippen molar-refractivity contribution in [3.05, 3.63) is 52.8 Å². The highest BCUT2D eigenvalue weighted by atomic mass is 16.5. The normalized spacial score (nSPS) is 14.0. The van der Waals surface area contributed by atoms with Gasteiger partial charge in [-0.25, -0.2) is 0 Å². The molecular weight excluding hydrogens is 354 g/mol. The lowest BCUT2D eigenvalue weighted by atomic mass is 10.1. The monoisotopic (exact) mass is 383 g/mol. The van der Waals surface area contributed by atoms with Gasteiger partial charge in [-0.15, -0.1) is 0 Å². The van der Waals surface area contributed by atoms with E-state index in [1.807, 2.05) is 41.9 Å². The minimum absolute atomic E-state index is 0.106. The minimum atomic E-state index is -0.445. The molecule has 3 rings (SSSR count). The summed E-state index contributed by atoms with van der Waals surface area (Å²) in [5, 5.41) is 4.63. The number of carbonyl (C=O) groups is 2. The van der Waals surface area contributed by atoms with Gasteiger partial charge in [0.25, 0.3) is 5.91 Å². The number of nitrogens with zero attached hydrogens (tertiary/aromatic N) is 3. The topological polar surface area (TPSA) is 64.4 Å². The van der Waals surface area contributed by atoms with Crippen LogP contribution in [0.5, 0.6) is 0 Å². The molecule has 2 aromatic rings. The van der Waals surface area contributed by atoms with Crippen molar-refractivity contribution < 1.29 is 14.3 Å². The van der Waals surface area contributed by atoms with E-state index in [-0.39, 0.29) is 18.0 Å². The van der Waals surface area contributed by atoms with Crippen LogP contribution in [-0.4, -0.2) is 40.2 Å². The molecule has 0 N–H and O–H groups in total. The number of hydrogen-bond acceptors (Lipinski definition) is 4. The van der Waals surface area contributed by atoms with Crippen LogP contribution in [0, 0.1) is 6.92 Å². The van der Waals surface area contributed by atoms with Crippen LogP contribution >= 0.6 is 0 Å². The molecule has 0 unspecified atom stereocenters. The Morgan fingerprint density at radius 1 is 1.25 bits per heavy atom. The summed E-state index contributed by atoms with van der Waals surface area (Å²) in [6.45, 7) is 8.47. The Kier molecular flexibility index (Phi) is 5.59. The summed E-state index contributed by atoms with van der Waals surface area (Å²) in [5.41, 5.74) is 3.35. The molecule has 150 valence electrons. The highest BCUT2D eigenvalue weighted by molar-refractivity contribution is 5.94. The van der Waals surface area contributed by atoms with Crippen LogP contribution in [0.4, 0.5) is 0 Å². The summed E-state index contributed by atoms with van der Waals surface area (Å²) in [6, 6.07) is 9.75. The van der Waals surface area contributed by atoms with Crippen molar-refractivity contribution in [2.45, 2.75) is 58.5 Å². The van der Waals surface area contributed by atoms with Gasteiger partial charge in [0.05, 0.1) is 12.6 Å². The number of aryl methyl sites for hydroxylation is 1. The van der Waals surface area contributed by atoms with E-state index < -0.39 is 5.97 Å². The SMILES string of the molecule is COC(=O)CN(Cc1ccccc1C)C(=O)c1cc(C2CC2)n(C(C)(C)C)n1. The highest BCUT2D eigenvalue weighted by Crippen LogP contribution is 2.41. The third-order valence-electron chi connectivity index (χ3n) is 5.04. The summed E-state index contributed by atoms with van der Waals surface area (Å²) in [5.74, 6) is -0.225. The smallest absolute Gasteiger partial charge is 0.325 e. The molecule has 6 heteroatoms. The van der Waals surface area contributed by atoms with E-state index in [1.54, 1.807) is 0 Å². The van der Waals surface area contributed by atoms with E-state index in [2.05, 4.69) is 25.9 Å². The number of benzene rings is 1. The Hall–Kier alpha value is -2.63. The maximum absolute atomic E-state index is 13.3. The molecule has 28 heavy (non-hydrogen) atoms. The Balaban J connectivity index is 1.92. The van der Waals surface area contributed by atoms with E-state index >= 15 is 0 Å². The van der Waals surface area contributed by atoms with Gasteiger partial charge in [0.1, 0.15) is 6.54 Å². The van der Waals surface area contributed by atoms with Crippen LogP contribution in [0.2, 0.25) is 0 Å². The van der Waals surface area contributed by atoms with Gasteiger partial charge in [-0.3, -0.25) is 14.3 Å². The molecule has 1 aliphatic rings. The predicted octanol–water partition coefficient (Wildman–Crippen LogP) is 3.64. The molecule has 1 fully saturated rings. The molecule has 1 aliphatic carbocycles. The van der Waals surface area contributed by atoms with Crippen molar-refractivity contribution in [1.29, 1.82) is 0 Å². The first kappa shape index (κ1) is 20.1. The molecule has 1 aromatic heterocycles. The van der Waals surface area contributed by atoms with E-state index in [0.29, 0.717) is 18.2 Å². The van der Waals surface area contributed by atoms with E-state index in [4.69, 9.17) is 4.74 Å². The van der Waals surface area contributed by atoms with Gasteiger partial charge in [0, 0.05) is 18.2 Å². The molecule has 0 aliphatic heterocycles. The Morgan fingerprint density at radius 3 is 2.50 bits per heavy atom. The van der Waals surface area contributed by atoms with Crippen LogP contribution < -0.4 is 0 Å². The van der Waals surface area contributed by atoms with Gasteiger partial charge >= 0.3 is 5.97 Å². The molecule has 1 amide bonds. The second kappa shape index (κ2) is 7.78. The van der Waals surface area contributed by atoms with Gasteiger partial charge in [-0.05, 0) is 57.7 Å². The van der Waals surface area contributed by atoms with Crippen molar-refractivity contribution in [3.8, 4) is 0 Å². The van der Waals surface area contributed by atoms with Crippen LogP contribution in [0.1, 0.15) is 66.8 Å². The number of methoxy groups -OCH3 is 1. The molecule has 6 nitrogen and oxygen atoms in total.